The van der Waals surface area contributed by atoms with Crippen LogP contribution < -0.4 is 10.6 Å². The van der Waals surface area contributed by atoms with E-state index >= 15 is 0 Å². The van der Waals surface area contributed by atoms with E-state index in [1.165, 1.54) is 18.2 Å². The first-order valence-corrected chi connectivity index (χ1v) is 9.13. The van der Waals surface area contributed by atoms with Crippen molar-refractivity contribution in [2.75, 3.05) is 47.4 Å². The molecular weight excluding hydrogens is 338 g/mol. The Bertz CT molecular complexity index is 532. The third-order valence-corrected chi connectivity index (χ3v) is 4.04. The van der Waals surface area contributed by atoms with Gasteiger partial charge in [-0.3, -0.25) is 4.99 Å². The Balaban J connectivity index is 2.49. The summed E-state index contributed by atoms with van der Waals surface area (Å²) in [7, 11) is 5.26. The van der Waals surface area contributed by atoms with Crippen molar-refractivity contribution in [3.05, 3.63) is 35.4 Å². The van der Waals surface area contributed by atoms with Crippen molar-refractivity contribution in [3.63, 3.8) is 0 Å². The van der Waals surface area contributed by atoms with Crippen molar-refractivity contribution in [1.29, 1.82) is 0 Å². The summed E-state index contributed by atoms with van der Waals surface area (Å²) in [5.74, 6) is -0.488. The van der Waals surface area contributed by atoms with Crippen LogP contribution in [-0.2, 0) is 4.74 Å². The van der Waals surface area contributed by atoms with Crippen LogP contribution in [0.5, 0.6) is 0 Å². The average Bonchev–Trinajstić information content (AvgIpc) is 2.61. The number of likely N-dealkylation sites (N-methyl/N-ethyl adjacent to an activating group) is 1. The molecule has 2 N–H and O–H groups in total. The zero-order valence-corrected chi connectivity index (χ0v) is 16.3. The summed E-state index contributed by atoms with van der Waals surface area (Å²) in [6.07, 6.45) is 3.07. The number of hydrogen-bond acceptors (Lipinski definition) is 3. The van der Waals surface area contributed by atoms with Crippen molar-refractivity contribution < 1.29 is 13.5 Å². The third kappa shape index (κ3) is 7.66. The second kappa shape index (κ2) is 12.6. The average molecular weight is 370 g/mol. The fraction of sp³-hybridized carbons (Fsp3) is 0.632. The van der Waals surface area contributed by atoms with Crippen LogP contribution in [0.15, 0.2) is 23.2 Å². The molecule has 148 valence electrons. The van der Waals surface area contributed by atoms with Crippen LogP contribution in [0.1, 0.15) is 37.8 Å². The SMILES string of the molecule is CCCCOCCCNC(=NC)NCC(c1c(F)cccc1F)N(C)C. The predicted octanol–water partition coefficient (Wildman–Crippen LogP) is 2.94. The lowest BCUT2D eigenvalue weighted by Gasteiger charge is -2.26. The number of benzene rings is 1. The number of hydrogen-bond donors (Lipinski definition) is 2. The standard InChI is InChI=1S/C19H32F2N4O/c1-5-6-12-26-13-8-11-23-19(22-2)24-14-17(25(3)4)18-15(20)9-7-10-16(18)21/h7,9-10,17H,5-6,8,11-14H2,1-4H3,(H2,22,23,24). The minimum Gasteiger partial charge on any atom is -0.381 e. The highest BCUT2D eigenvalue weighted by atomic mass is 19.1. The minimum atomic E-state index is -0.544. The predicted molar refractivity (Wildman–Crippen MR) is 102 cm³/mol. The van der Waals surface area contributed by atoms with Crippen LogP contribution in [0.3, 0.4) is 0 Å². The summed E-state index contributed by atoms with van der Waals surface area (Å²) in [4.78, 5) is 5.93. The molecule has 0 amide bonds. The molecule has 1 rings (SSSR count). The highest BCUT2D eigenvalue weighted by Crippen LogP contribution is 2.23. The Hall–Kier alpha value is -1.73. The number of nitrogens with one attached hydrogen (secondary N) is 2. The van der Waals surface area contributed by atoms with Gasteiger partial charge >= 0.3 is 0 Å². The second-order valence-electron chi connectivity index (χ2n) is 6.31. The molecule has 0 aromatic heterocycles. The molecule has 7 heteroatoms. The first-order chi connectivity index (χ1) is 12.5. The third-order valence-electron chi connectivity index (χ3n) is 4.04. The van der Waals surface area contributed by atoms with E-state index in [9.17, 15) is 8.78 Å². The van der Waals surface area contributed by atoms with Crippen molar-refractivity contribution in [1.82, 2.24) is 15.5 Å². The maximum Gasteiger partial charge on any atom is 0.191 e. The zero-order valence-electron chi connectivity index (χ0n) is 16.3. The molecule has 26 heavy (non-hydrogen) atoms. The van der Waals surface area contributed by atoms with Crippen LogP contribution in [0.25, 0.3) is 0 Å². The van der Waals surface area contributed by atoms with Gasteiger partial charge in [-0.15, -0.1) is 0 Å². The molecule has 1 aromatic carbocycles. The van der Waals surface area contributed by atoms with Crippen molar-refractivity contribution in [2.24, 2.45) is 4.99 Å². The maximum atomic E-state index is 14.1. The Morgan fingerprint density at radius 2 is 1.81 bits per heavy atom. The van der Waals surface area contributed by atoms with Gasteiger partial charge in [0.15, 0.2) is 5.96 Å². The van der Waals surface area contributed by atoms with Crippen LogP contribution in [0.2, 0.25) is 0 Å². The smallest absolute Gasteiger partial charge is 0.191 e. The molecule has 1 aromatic rings. The Kier molecular flexibility index (Phi) is 10.8. The van der Waals surface area contributed by atoms with E-state index in [4.69, 9.17) is 4.74 Å². The number of nitrogens with zero attached hydrogens (tertiary/aromatic N) is 2. The molecule has 0 spiro atoms. The fourth-order valence-corrected chi connectivity index (χ4v) is 2.52. The zero-order chi connectivity index (χ0) is 19.4. The van der Waals surface area contributed by atoms with Gasteiger partial charge in [0.05, 0.1) is 6.04 Å². The van der Waals surface area contributed by atoms with Gasteiger partial charge in [-0.25, -0.2) is 8.78 Å². The molecule has 0 saturated carbocycles. The van der Waals surface area contributed by atoms with E-state index in [0.29, 0.717) is 25.7 Å². The van der Waals surface area contributed by atoms with E-state index in [0.717, 1.165) is 25.9 Å². The molecule has 0 radical (unpaired) electrons. The molecular formula is C19H32F2N4O. The molecule has 0 aliphatic carbocycles. The Morgan fingerprint density at radius 3 is 2.38 bits per heavy atom. The van der Waals surface area contributed by atoms with Crippen LogP contribution >= 0.6 is 0 Å². The van der Waals surface area contributed by atoms with Gasteiger partial charge in [0.25, 0.3) is 0 Å². The van der Waals surface area contributed by atoms with Gasteiger partial charge in [0, 0.05) is 38.9 Å². The summed E-state index contributed by atoms with van der Waals surface area (Å²) >= 11 is 0. The second-order valence-corrected chi connectivity index (χ2v) is 6.31. The van der Waals surface area contributed by atoms with Crippen molar-refractivity contribution in [3.8, 4) is 0 Å². The highest BCUT2D eigenvalue weighted by Gasteiger charge is 2.22. The summed E-state index contributed by atoms with van der Waals surface area (Å²) in [5.41, 5.74) is 0.0600. The Labute approximate surface area is 155 Å². The summed E-state index contributed by atoms with van der Waals surface area (Å²) in [5, 5.41) is 6.33. The number of ether oxygens (including phenoxy) is 1. The van der Waals surface area contributed by atoms with E-state index in [-0.39, 0.29) is 5.56 Å². The minimum absolute atomic E-state index is 0.0600. The van der Waals surface area contributed by atoms with Crippen LogP contribution in [0.4, 0.5) is 8.78 Å². The first kappa shape index (κ1) is 22.3. The first-order valence-electron chi connectivity index (χ1n) is 9.13. The number of aliphatic imine (C=N–C) groups is 1. The topological polar surface area (TPSA) is 48.9 Å². The lowest BCUT2D eigenvalue weighted by atomic mass is 10.0. The van der Waals surface area contributed by atoms with Crippen molar-refractivity contribution in [2.45, 2.75) is 32.2 Å². The van der Waals surface area contributed by atoms with Gasteiger partial charge < -0.3 is 20.3 Å². The summed E-state index contributed by atoms with van der Waals surface area (Å²) < 4.78 is 33.7. The molecule has 1 atom stereocenters. The summed E-state index contributed by atoms with van der Waals surface area (Å²) in [6.45, 7) is 4.67. The lowest BCUT2D eigenvalue weighted by Crippen LogP contribution is -2.42. The molecule has 1 unspecified atom stereocenters. The molecule has 0 bridgehead atoms. The van der Waals surface area contributed by atoms with Gasteiger partial charge in [-0.05, 0) is 39.1 Å². The molecule has 0 aliphatic heterocycles. The number of rotatable bonds is 11. The van der Waals surface area contributed by atoms with E-state index < -0.39 is 17.7 Å². The number of guanidine groups is 1. The van der Waals surface area contributed by atoms with Crippen molar-refractivity contribution >= 4 is 5.96 Å². The summed E-state index contributed by atoms with van der Waals surface area (Å²) in [6, 6.07) is 3.48. The van der Waals surface area contributed by atoms with Crippen LogP contribution in [-0.4, -0.2) is 58.3 Å². The molecule has 0 aliphatic rings. The maximum absolute atomic E-state index is 14.1. The van der Waals surface area contributed by atoms with Gasteiger partial charge in [-0.1, -0.05) is 19.4 Å². The van der Waals surface area contributed by atoms with Crippen LogP contribution in [0, 0.1) is 11.6 Å². The molecule has 0 fully saturated rings. The van der Waals surface area contributed by atoms with E-state index in [2.05, 4.69) is 22.5 Å². The molecule has 5 nitrogen and oxygen atoms in total. The number of unbranched alkanes of at least 4 members (excludes halogenated alkanes) is 1. The van der Waals surface area contributed by atoms with Gasteiger partial charge in [0.2, 0.25) is 0 Å². The fourth-order valence-electron chi connectivity index (χ4n) is 2.52. The highest BCUT2D eigenvalue weighted by molar-refractivity contribution is 5.79. The normalized spacial score (nSPS) is 13.1. The largest absolute Gasteiger partial charge is 0.381 e. The quantitative estimate of drug-likeness (QED) is 0.357. The van der Waals surface area contributed by atoms with Gasteiger partial charge in [-0.2, -0.15) is 0 Å². The number of halogens is 2. The van der Waals surface area contributed by atoms with E-state index in [1.807, 2.05) is 0 Å². The molecule has 0 saturated heterocycles. The monoisotopic (exact) mass is 370 g/mol. The lowest BCUT2D eigenvalue weighted by molar-refractivity contribution is 0.129. The Morgan fingerprint density at radius 1 is 1.15 bits per heavy atom. The molecule has 0 heterocycles. The van der Waals surface area contributed by atoms with E-state index in [1.54, 1.807) is 26.0 Å². The van der Waals surface area contributed by atoms with Gasteiger partial charge in [0.1, 0.15) is 11.6 Å².